The Hall–Kier alpha value is -0.710. The highest BCUT2D eigenvalue weighted by Gasteiger charge is 2.12. The molecule has 0 radical (unpaired) electrons. The van der Waals surface area contributed by atoms with Gasteiger partial charge in [-0.3, -0.25) is 0 Å². The summed E-state index contributed by atoms with van der Waals surface area (Å²) in [7, 11) is 1.62. The number of hydrogen-bond acceptors (Lipinski definition) is 4. The van der Waals surface area contributed by atoms with E-state index < -0.39 is 0 Å². The molecule has 0 aliphatic rings. The molecule has 2 aromatic rings. The standard InChI is InChI=1S/C10H10O2S2/c1-12-9-8-6(5-11)3-2-4-7(8)14-10(9)13/h2-4,11,13H,5H2,1H3. The van der Waals surface area contributed by atoms with Gasteiger partial charge in [0.25, 0.3) is 0 Å². The molecule has 0 saturated carbocycles. The fraction of sp³-hybridized carbons (Fsp3) is 0.200. The molecule has 0 amide bonds. The molecule has 4 heteroatoms. The lowest BCUT2D eigenvalue weighted by Crippen LogP contribution is -1.87. The van der Waals surface area contributed by atoms with Crippen molar-refractivity contribution in [3.8, 4) is 5.75 Å². The van der Waals surface area contributed by atoms with Gasteiger partial charge in [-0.25, -0.2) is 0 Å². The van der Waals surface area contributed by atoms with Gasteiger partial charge in [0.2, 0.25) is 0 Å². The van der Waals surface area contributed by atoms with E-state index in [1.165, 1.54) is 0 Å². The Morgan fingerprint density at radius 3 is 2.93 bits per heavy atom. The number of rotatable bonds is 2. The second kappa shape index (κ2) is 3.81. The van der Waals surface area contributed by atoms with Gasteiger partial charge in [0.05, 0.1) is 13.7 Å². The maximum Gasteiger partial charge on any atom is 0.151 e. The van der Waals surface area contributed by atoms with E-state index in [0.717, 1.165) is 25.6 Å². The first kappa shape index (κ1) is 9.83. The highest BCUT2D eigenvalue weighted by Crippen LogP contribution is 2.41. The molecule has 1 aromatic heterocycles. The van der Waals surface area contributed by atoms with Gasteiger partial charge in [-0.15, -0.1) is 24.0 Å². The molecule has 1 heterocycles. The molecule has 0 unspecified atom stereocenters. The van der Waals surface area contributed by atoms with Gasteiger partial charge in [0, 0.05) is 10.1 Å². The van der Waals surface area contributed by atoms with Gasteiger partial charge in [-0.2, -0.15) is 0 Å². The lowest BCUT2D eigenvalue weighted by molar-refractivity contribution is 0.283. The smallest absolute Gasteiger partial charge is 0.151 e. The molecule has 0 saturated heterocycles. The molecule has 0 aliphatic heterocycles. The summed E-state index contributed by atoms with van der Waals surface area (Å²) < 4.78 is 7.21. The first-order chi connectivity index (χ1) is 6.77. The van der Waals surface area contributed by atoms with Crippen molar-refractivity contribution in [1.82, 2.24) is 0 Å². The number of thiol groups is 1. The second-order valence-electron chi connectivity index (χ2n) is 2.89. The number of hydrogen-bond donors (Lipinski definition) is 2. The Labute approximate surface area is 91.5 Å². The van der Waals surface area contributed by atoms with Crippen LogP contribution >= 0.6 is 24.0 Å². The van der Waals surface area contributed by atoms with Crippen LogP contribution in [0.2, 0.25) is 0 Å². The van der Waals surface area contributed by atoms with Gasteiger partial charge in [-0.05, 0) is 11.6 Å². The van der Waals surface area contributed by atoms with Crippen LogP contribution in [0.5, 0.6) is 5.75 Å². The van der Waals surface area contributed by atoms with Crippen LogP contribution in [-0.4, -0.2) is 12.2 Å². The second-order valence-corrected chi connectivity index (χ2v) is 4.69. The summed E-state index contributed by atoms with van der Waals surface area (Å²) >= 11 is 5.90. The predicted molar refractivity (Wildman–Crippen MR) is 61.6 cm³/mol. The Bertz CT molecular complexity index is 462. The van der Waals surface area contributed by atoms with Crippen LogP contribution in [0, 0.1) is 0 Å². The van der Waals surface area contributed by atoms with Crippen molar-refractivity contribution in [2.45, 2.75) is 10.8 Å². The van der Waals surface area contributed by atoms with Crippen molar-refractivity contribution in [2.24, 2.45) is 0 Å². The van der Waals surface area contributed by atoms with Crippen molar-refractivity contribution >= 4 is 34.1 Å². The van der Waals surface area contributed by atoms with E-state index in [-0.39, 0.29) is 6.61 Å². The van der Waals surface area contributed by atoms with E-state index in [1.54, 1.807) is 18.4 Å². The number of benzene rings is 1. The number of aliphatic hydroxyl groups excluding tert-OH is 1. The topological polar surface area (TPSA) is 29.5 Å². The van der Waals surface area contributed by atoms with Crippen LogP contribution in [-0.2, 0) is 6.61 Å². The third kappa shape index (κ3) is 1.39. The van der Waals surface area contributed by atoms with Gasteiger partial charge in [-0.1, -0.05) is 12.1 Å². The zero-order chi connectivity index (χ0) is 10.1. The zero-order valence-electron chi connectivity index (χ0n) is 7.65. The maximum absolute atomic E-state index is 9.19. The molecular weight excluding hydrogens is 216 g/mol. The Kier molecular flexibility index (Phi) is 2.67. The minimum absolute atomic E-state index is 0.0254. The van der Waals surface area contributed by atoms with Gasteiger partial charge >= 0.3 is 0 Å². The summed E-state index contributed by atoms with van der Waals surface area (Å²) in [5.41, 5.74) is 0.885. The molecule has 74 valence electrons. The third-order valence-electron chi connectivity index (χ3n) is 2.11. The predicted octanol–water partition coefficient (Wildman–Crippen LogP) is 2.69. The third-order valence-corrected chi connectivity index (χ3v) is 3.53. The average Bonchev–Trinajstić information content (AvgIpc) is 2.52. The summed E-state index contributed by atoms with van der Waals surface area (Å²) in [5.74, 6) is 0.762. The molecule has 2 rings (SSSR count). The van der Waals surface area contributed by atoms with Gasteiger partial charge < -0.3 is 9.84 Å². The van der Waals surface area contributed by atoms with Gasteiger partial charge in [0.1, 0.15) is 4.21 Å². The van der Waals surface area contributed by atoms with E-state index in [0.29, 0.717) is 0 Å². The van der Waals surface area contributed by atoms with E-state index in [2.05, 4.69) is 12.6 Å². The van der Waals surface area contributed by atoms with E-state index >= 15 is 0 Å². The lowest BCUT2D eigenvalue weighted by atomic mass is 10.1. The van der Waals surface area contributed by atoms with Crippen LogP contribution < -0.4 is 4.74 Å². The van der Waals surface area contributed by atoms with Crippen molar-refractivity contribution in [2.75, 3.05) is 7.11 Å². The highest BCUT2D eigenvalue weighted by molar-refractivity contribution is 7.83. The molecule has 0 spiro atoms. The highest BCUT2D eigenvalue weighted by atomic mass is 32.2. The molecule has 0 bridgehead atoms. The van der Waals surface area contributed by atoms with Crippen molar-refractivity contribution in [3.05, 3.63) is 23.8 Å². The molecule has 2 nitrogen and oxygen atoms in total. The molecule has 1 aromatic carbocycles. The van der Waals surface area contributed by atoms with Crippen molar-refractivity contribution < 1.29 is 9.84 Å². The van der Waals surface area contributed by atoms with E-state index in [1.807, 2.05) is 18.2 Å². The average molecular weight is 226 g/mol. The summed E-state index contributed by atoms with van der Waals surface area (Å²) in [6, 6.07) is 5.82. The Morgan fingerprint density at radius 1 is 1.50 bits per heavy atom. The van der Waals surface area contributed by atoms with Crippen LogP contribution in [0.25, 0.3) is 10.1 Å². The number of ether oxygens (including phenoxy) is 1. The van der Waals surface area contributed by atoms with Crippen LogP contribution in [0.4, 0.5) is 0 Å². The first-order valence-corrected chi connectivity index (χ1v) is 5.42. The number of aliphatic hydroxyl groups is 1. The minimum Gasteiger partial charge on any atom is -0.494 e. The monoisotopic (exact) mass is 226 g/mol. The largest absolute Gasteiger partial charge is 0.494 e. The summed E-state index contributed by atoms with van der Waals surface area (Å²) in [4.78, 5) is 0. The minimum atomic E-state index is 0.0254. The van der Waals surface area contributed by atoms with Crippen LogP contribution in [0.1, 0.15) is 5.56 Å². The summed E-state index contributed by atoms with van der Waals surface area (Å²) in [6.45, 7) is 0.0254. The molecule has 0 aliphatic carbocycles. The quantitative estimate of drug-likeness (QED) is 0.771. The number of thiophene rings is 1. The number of fused-ring (bicyclic) bond motifs is 1. The van der Waals surface area contributed by atoms with E-state index in [9.17, 15) is 5.11 Å². The van der Waals surface area contributed by atoms with Crippen LogP contribution in [0.15, 0.2) is 22.4 Å². The lowest BCUT2D eigenvalue weighted by Gasteiger charge is -2.02. The van der Waals surface area contributed by atoms with Crippen molar-refractivity contribution in [1.29, 1.82) is 0 Å². The first-order valence-electron chi connectivity index (χ1n) is 4.16. The van der Waals surface area contributed by atoms with Gasteiger partial charge in [0.15, 0.2) is 5.75 Å². The summed E-state index contributed by atoms with van der Waals surface area (Å²) in [5, 5.41) is 10.2. The molecule has 1 N–H and O–H groups in total. The molecule has 14 heavy (non-hydrogen) atoms. The summed E-state index contributed by atoms with van der Waals surface area (Å²) in [6.07, 6.45) is 0. The fourth-order valence-corrected chi connectivity index (χ4v) is 2.95. The van der Waals surface area contributed by atoms with Crippen LogP contribution in [0.3, 0.4) is 0 Å². The van der Waals surface area contributed by atoms with Crippen molar-refractivity contribution in [3.63, 3.8) is 0 Å². The Balaban J connectivity index is 2.82. The molecule has 0 atom stereocenters. The molecular formula is C10H10O2S2. The zero-order valence-corrected chi connectivity index (χ0v) is 9.36. The maximum atomic E-state index is 9.19. The normalized spacial score (nSPS) is 10.8. The SMILES string of the molecule is COc1c(S)sc2cccc(CO)c12. The fourth-order valence-electron chi connectivity index (χ4n) is 1.50. The number of methoxy groups -OCH3 is 1. The molecule has 0 fully saturated rings. The van der Waals surface area contributed by atoms with E-state index in [4.69, 9.17) is 4.74 Å². The Morgan fingerprint density at radius 2 is 2.29 bits per heavy atom.